The molecule has 2 aromatic carbocycles. The zero-order valence-electron chi connectivity index (χ0n) is 16.4. The molecule has 0 aliphatic rings. The van der Waals surface area contributed by atoms with Gasteiger partial charge in [-0.05, 0) is 50.5 Å². The molecule has 2 N–H and O–H groups in total. The van der Waals surface area contributed by atoms with Gasteiger partial charge in [-0.1, -0.05) is 36.8 Å². The van der Waals surface area contributed by atoms with Gasteiger partial charge in [0.2, 0.25) is 10.0 Å². The number of hydrogen-bond donors (Lipinski definition) is 2. The lowest BCUT2D eigenvalue weighted by Gasteiger charge is -2.20. The minimum atomic E-state index is -3.72. The number of ether oxygens (including phenoxy) is 1. The number of sulfonamides is 1. The lowest BCUT2D eigenvalue weighted by Crippen LogP contribution is -2.39. The van der Waals surface area contributed by atoms with Crippen LogP contribution >= 0.6 is 11.8 Å². The second kappa shape index (κ2) is 9.41. The zero-order valence-corrected chi connectivity index (χ0v) is 17.9. The van der Waals surface area contributed by atoms with Crippen molar-refractivity contribution in [1.29, 1.82) is 0 Å². The Morgan fingerprint density at radius 3 is 2.32 bits per heavy atom. The minimum Gasteiger partial charge on any atom is -0.491 e. The largest absolute Gasteiger partial charge is 0.491 e. The molecular formula is C20H25ClN2O4S. The molecule has 0 aliphatic carbocycles. The highest BCUT2D eigenvalue weighted by Crippen LogP contribution is 2.23. The van der Waals surface area contributed by atoms with Crippen LogP contribution in [0.4, 0.5) is 0 Å². The fourth-order valence-electron chi connectivity index (χ4n) is 3.13. The fraction of sp³-hybridized carbons (Fsp3) is 0.350. The lowest BCUT2D eigenvalue weighted by molar-refractivity contribution is 0.0977. The standard InChI is InChI=1S/C20H25ClN2O4S/c1-5-16(12-27-18-9-7-6-8-17(18)20(24)22-21)23-28(25,26)19-14(3)10-13(2)11-15(19)4/h6-11,16,23H,5,12H2,1-4H3,(H,22,24). The molecule has 152 valence electrons. The summed E-state index contributed by atoms with van der Waals surface area (Å²) in [6, 6.07) is 9.87. The highest BCUT2D eigenvalue weighted by molar-refractivity contribution is 7.89. The quantitative estimate of drug-likeness (QED) is 0.633. The average molecular weight is 425 g/mol. The van der Waals surface area contributed by atoms with E-state index in [1.54, 1.807) is 38.1 Å². The molecule has 0 bridgehead atoms. The second-order valence-corrected chi connectivity index (χ2v) is 8.52. The summed E-state index contributed by atoms with van der Waals surface area (Å²) in [5, 5.41) is 0. The van der Waals surface area contributed by atoms with Gasteiger partial charge in [-0.3, -0.25) is 9.63 Å². The predicted molar refractivity (Wildman–Crippen MR) is 110 cm³/mol. The Balaban J connectivity index is 2.19. The van der Waals surface area contributed by atoms with Gasteiger partial charge >= 0.3 is 0 Å². The van der Waals surface area contributed by atoms with Crippen LogP contribution in [0.5, 0.6) is 5.75 Å². The molecule has 2 rings (SSSR count). The summed E-state index contributed by atoms with van der Waals surface area (Å²) in [7, 11) is -3.72. The molecule has 0 spiro atoms. The maximum Gasteiger partial charge on any atom is 0.269 e. The number of para-hydroxylation sites is 1. The molecule has 0 aromatic heterocycles. The molecule has 0 aliphatic heterocycles. The zero-order chi connectivity index (χ0) is 20.9. The Kier molecular flexibility index (Phi) is 7.46. The number of benzene rings is 2. The van der Waals surface area contributed by atoms with Crippen molar-refractivity contribution in [2.75, 3.05) is 6.61 Å². The van der Waals surface area contributed by atoms with Crippen molar-refractivity contribution in [3.63, 3.8) is 0 Å². The Hall–Kier alpha value is -2.09. The Morgan fingerprint density at radius 2 is 1.75 bits per heavy atom. The molecule has 1 atom stereocenters. The van der Waals surface area contributed by atoms with Crippen LogP contribution in [-0.2, 0) is 10.0 Å². The van der Waals surface area contributed by atoms with Gasteiger partial charge in [-0.15, -0.1) is 0 Å². The van der Waals surface area contributed by atoms with E-state index in [0.29, 0.717) is 28.2 Å². The van der Waals surface area contributed by atoms with Gasteiger partial charge in [-0.2, -0.15) is 0 Å². The van der Waals surface area contributed by atoms with Crippen molar-refractivity contribution in [3.8, 4) is 5.75 Å². The Bertz CT molecular complexity index is 937. The van der Waals surface area contributed by atoms with Gasteiger partial charge in [0.1, 0.15) is 12.4 Å². The molecule has 0 saturated carbocycles. The average Bonchev–Trinajstić information content (AvgIpc) is 2.63. The summed E-state index contributed by atoms with van der Waals surface area (Å²) >= 11 is 5.40. The summed E-state index contributed by atoms with van der Waals surface area (Å²) in [5.74, 6) is -0.155. The van der Waals surface area contributed by atoms with Gasteiger partial charge in [0.05, 0.1) is 16.5 Å². The van der Waals surface area contributed by atoms with Crippen LogP contribution in [0.3, 0.4) is 0 Å². The maximum absolute atomic E-state index is 12.9. The predicted octanol–water partition coefficient (Wildman–Crippen LogP) is 3.63. The number of amides is 1. The number of halogens is 1. The first-order chi connectivity index (χ1) is 13.2. The van der Waals surface area contributed by atoms with Crippen LogP contribution in [0.15, 0.2) is 41.3 Å². The summed E-state index contributed by atoms with van der Waals surface area (Å²) in [6.07, 6.45) is 0.521. The van der Waals surface area contributed by atoms with E-state index >= 15 is 0 Å². The van der Waals surface area contributed by atoms with E-state index in [9.17, 15) is 13.2 Å². The summed E-state index contributed by atoms with van der Waals surface area (Å²) in [5.41, 5.74) is 2.69. The molecule has 28 heavy (non-hydrogen) atoms. The minimum absolute atomic E-state index is 0.0757. The second-order valence-electron chi connectivity index (χ2n) is 6.69. The van der Waals surface area contributed by atoms with Crippen molar-refractivity contribution in [2.24, 2.45) is 0 Å². The highest BCUT2D eigenvalue weighted by Gasteiger charge is 2.24. The molecule has 1 unspecified atom stereocenters. The van der Waals surface area contributed by atoms with Crippen LogP contribution < -0.4 is 14.3 Å². The van der Waals surface area contributed by atoms with Crippen LogP contribution in [0.25, 0.3) is 0 Å². The summed E-state index contributed by atoms with van der Waals surface area (Å²) < 4.78 is 34.3. The SMILES string of the molecule is CCC(COc1ccccc1C(=O)NCl)NS(=O)(=O)c1c(C)cc(C)cc1C. The third kappa shape index (κ3) is 5.25. The van der Waals surface area contributed by atoms with Crippen LogP contribution in [0, 0.1) is 20.8 Å². The lowest BCUT2D eigenvalue weighted by atomic mass is 10.1. The van der Waals surface area contributed by atoms with Crippen molar-refractivity contribution in [1.82, 2.24) is 9.56 Å². The van der Waals surface area contributed by atoms with Crippen molar-refractivity contribution >= 4 is 27.7 Å². The van der Waals surface area contributed by atoms with E-state index in [0.717, 1.165) is 5.56 Å². The van der Waals surface area contributed by atoms with Crippen molar-refractivity contribution in [2.45, 2.75) is 45.1 Å². The van der Waals surface area contributed by atoms with Crippen molar-refractivity contribution in [3.05, 3.63) is 58.7 Å². The van der Waals surface area contributed by atoms with E-state index < -0.39 is 22.0 Å². The molecule has 0 saturated heterocycles. The third-order valence-corrected chi connectivity index (χ3v) is 6.34. The van der Waals surface area contributed by atoms with Gasteiger partial charge in [0.25, 0.3) is 5.91 Å². The summed E-state index contributed by atoms with van der Waals surface area (Å²) in [4.78, 5) is 14.2. The molecule has 0 fully saturated rings. The van der Waals surface area contributed by atoms with Gasteiger partial charge in [0, 0.05) is 11.8 Å². The molecular weight excluding hydrogens is 400 g/mol. The molecule has 1 amide bonds. The number of carbonyl (C=O) groups excluding carboxylic acids is 1. The number of hydrogen-bond acceptors (Lipinski definition) is 4. The van der Waals surface area contributed by atoms with E-state index in [2.05, 4.69) is 4.72 Å². The van der Waals surface area contributed by atoms with Crippen LogP contribution in [0.1, 0.15) is 40.4 Å². The smallest absolute Gasteiger partial charge is 0.269 e. The van der Waals surface area contributed by atoms with Gasteiger partial charge < -0.3 is 4.74 Å². The first kappa shape index (κ1) is 22.2. The number of carbonyl (C=O) groups is 1. The van der Waals surface area contributed by atoms with E-state index in [1.807, 2.05) is 30.8 Å². The first-order valence-electron chi connectivity index (χ1n) is 8.92. The Labute approximate surface area is 171 Å². The van der Waals surface area contributed by atoms with Gasteiger partial charge in [-0.25, -0.2) is 13.1 Å². The molecule has 6 nitrogen and oxygen atoms in total. The van der Waals surface area contributed by atoms with E-state index in [-0.39, 0.29) is 12.2 Å². The highest BCUT2D eigenvalue weighted by atomic mass is 35.5. The first-order valence-corrected chi connectivity index (χ1v) is 10.8. The molecule has 0 radical (unpaired) electrons. The monoisotopic (exact) mass is 424 g/mol. The molecule has 2 aromatic rings. The maximum atomic E-state index is 12.9. The van der Waals surface area contributed by atoms with Gasteiger partial charge in [0.15, 0.2) is 0 Å². The number of nitrogens with one attached hydrogen (secondary N) is 2. The molecule has 0 heterocycles. The van der Waals surface area contributed by atoms with E-state index in [4.69, 9.17) is 16.5 Å². The Morgan fingerprint density at radius 1 is 1.14 bits per heavy atom. The van der Waals surface area contributed by atoms with Crippen molar-refractivity contribution < 1.29 is 17.9 Å². The summed E-state index contributed by atoms with van der Waals surface area (Å²) in [6.45, 7) is 7.44. The normalized spacial score (nSPS) is 12.5. The number of rotatable bonds is 8. The van der Waals surface area contributed by atoms with Crippen LogP contribution in [0.2, 0.25) is 0 Å². The molecule has 8 heteroatoms. The number of aryl methyl sites for hydroxylation is 3. The van der Waals surface area contributed by atoms with Crippen LogP contribution in [-0.4, -0.2) is 27.0 Å². The van der Waals surface area contributed by atoms with E-state index in [1.165, 1.54) is 0 Å². The fourth-order valence-corrected chi connectivity index (χ4v) is 4.98. The topological polar surface area (TPSA) is 84.5 Å². The third-order valence-electron chi connectivity index (χ3n) is 4.35.